The summed E-state index contributed by atoms with van der Waals surface area (Å²) in [5.74, 6) is -0.0858. The van der Waals surface area contributed by atoms with Crippen molar-refractivity contribution in [2.75, 3.05) is 0 Å². The van der Waals surface area contributed by atoms with E-state index in [1.54, 1.807) is 0 Å². The Balaban J connectivity index is 2.92. The molecule has 0 aromatic heterocycles. The van der Waals surface area contributed by atoms with Crippen molar-refractivity contribution in [1.82, 2.24) is 0 Å². The molecule has 0 heterocycles. The van der Waals surface area contributed by atoms with Crippen molar-refractivity contribution in [3.8, 4) is 5.75 Å². The lowest BCUT2D eigenvalue weighted by Gasteiger charge is -2.11. The summed E-state index contributed by atoms with van der Waals surface area (Å²) in [7, 11) is 0. The molecule has 0 fully saturated rings. The summed E-state index contributed by atoms with van der Waals surface area (Å²) in [5.41, 5.74) is 2.58. The van der Waals surface area contributed by atoms with E-state index in [0.717, 1.165) is 16.7 Å². The van der Waals surface area contributed by atoms with Gasteiger partial charge in [-0.05, 0) is 42.7 Å². The van der Waals surface area contributed by atoms with Crippen molar-refractivity contribution < 1.29 is 19.1 Å². The van der Waals surface area contributed by atoms with Gasteiger partial charge in [-0.15, -0.1) is 0 Å². The summed E-state index contributed by atoms with van der Waals surface area (Å²) in [4.78, 5) is 21.6. The van der Waals surface area contributed by atoms with Crippen LogP contribution >= 0.6 is 0 Å². The van der Waals surface area contributed by atoms with Crippen LogP contribution in [0, 0.1) is 13.8 Å². The van der Waals surface area contributed by atoms with Crippen LogP contribution in [0.4, 0.5) is 0 Å². The largest absolute Gasteiger partial charge is 0.461 e. The summed E-state index contributed by atoms with van der Waals surface area (Å²) >= 11 is 0. The van der Waals surface area contributed by atoms with Crippen LogP contribution in [0.25, 0.3) is 0 Å². The fourth-order valence-electron chi connectivity index (χ4n) is 1.61. The van der Waals surface area contributed by atoms with E-state index < -0.39 is 0 Å². The molecule has 0 spiro atoms. The summed E-state index contributed by atoms with van der Waals surface area (Å²) in [6.07, 6.45) is 0. The molecule has 0 atom stereocenters. The first kappa shape index (κ1) is 13.2. The molecule has 0 aliphatic rings. The third kappa shape index (κ3) is 3.90. The van der Waals surface area contributed by atoms with E-state index in [0.29, 0.717) is 5.75 Å². The molecule has 1 aromatic carbocycles. The zero-order valence-electron chi connectivity index (χ0n) is 10.5. The van der Waals surface area contributed by atoms with E-state index in [-0.39, 0.29) is 18.5 Å². The Kier molecular flexibility index (Phi) is 4.26. The van der Waals surface area contributed by atoms with Crippen molar-refractivity contribution in [3.05, 3.63) is 28.8 Å². The van der Waals surface area contributed by atoms with E-state index in [1.807, 2.05) is 26.0 Å². The van der Waals surface area contributed by atoms with E-state index in [9.17, 15) is 9.59 Å². The summed E-state index contributed by atoms with van der Waals surface area (Å²) in [6.45, 7) is 6.67. The molecule has 0 N–H and O–H groups in total. The van der Waals surface area contributed by atoms with Gasteiger partial charge in [0.05, 0.1) is 0 Å². The molecule has 0 saturated heterocycles. The first-order chi connectivity index (χ1) is 7.90. The van der Waals surface area contributed by atoms with Gasteiger partial charge in [0.15, 0.2) is 0 Å². The minimum Gasteiger partial charge on any atom is -0.461 e. The van der Waals surface area contributed by atoms with Crippen LogP contribution in [0.5, 0.6) is 5.75 Å². The van der Waals surface area contributed by atoms with Crippen molar-refractivity contribution >= 4 is 11.9 Å². The lowest BCUT2D eigenvalue weighted by Crippen LogP contribution is -2.06. The van der Waals surface area contributed by atoms with Gasteiger partial charge in [0, 0.05) is 13.8 Å². The number of hydrogen-bond acceptors (Lipinski definition) is 4. The Labute approximate surface area is 101 Å². The highest BCUT2D eigenvalue weighted by Crippen LogP contribution is 2.25. The predicted molar refractivity (Wildman–Crippen MR) is 62.7 cm³/mol. The molecule has 0 aliphatic carbocycles. The topological polar surface area (TPSA) is 52.6 Å². The molecular weight excluding hydrogens is 220 g/mol. The maximum atomic E-state index is 10.9. The SMILES string of the molecule is CC(=O)OCc1cc(C)c(OC(C)=O)c(C)c1. The molecule has 0 bridgehead atoms. The summed E-state index contributed by atoms with van der Waals surface area (Å²) in [6, 6.07) is 3.68. The van der Waals surface area contributed by atoms with E-state index in [4.69, 9.17) is 9.47 Å². The highest BCUT2D eigenvalue weighted by Gasteiger charge is 2.09. The first-order valence-electron chi connectivity index (χ1n) is 5.32. The number of carbonyl (C=O) groups is 2. The molecule has 1 aromatic rings. The highest BCUT2D eigenvalue weighted by molar-refractivity contribution is 5.70. The van der Waals surface area contributed by atoms with Crippen molar-refractivity contribution in [2.45, 2.75) is 34.3 Å². The van der Waals surface area contributed by atoms with Gasteiger partial charge in [0.1, 0.15) is 12.4 Å². The van der Waals surface area contributed by atoms with Crippen LogP contribution in [0.15, 0.2) is 12.1 Å². The third-order valence-corrected chi connectivity index (χ3v) is 2.21. The molecular formula is C13H16O4. The van der Waals surface area contributed by atoms with Gasteiger partial charge in [-0.1, -0.05) is 0 Å². The second-order valence-electron chi connectivity index (χ2n) is 3.93. The molecule has 0 radical (unpaired) electrons. The minimum absolute atomic E-state index is 0.233. The maximum absolute atomic E-state index is 10.9. The Morgan fingerprint density at radius 3 is 2.00 bits per heavy atom. The fraction of sp³-hybridized carbons (Fsp3) is 0.385. The van der Waals surface area contributed by atoms with E-state index in [2.05, 4.69) is 0 Å². The van der Waals surface area contributed by atoms with Gasteiger partial charge in [-0.2, -0.15) is 0 Å². The Morgan fingerprint density at radius 2 is 1.59 bits per heavy atom. The summed E-state index contributed by atoms with van der Waals surface area (Å²) in [5, 5.41) is 0. The predicted octanol–water partition coefficient (Wildman–Crippen LogP) is 2.29. The summed E-state index contributed by atoms with van der Waals surface area (Å²) < 4.78 is 10.0. The molecule has 0 saturated carbocycles. The van der Waals surface area contributed by atoms with E-state index >= 15 is 0 Å². The van der Waals surface area contributed by atoms with Gasteiger partial charge in [0.25, 0.3) is 0 Å². The van der Waals surface area contributed by atoms with Gasteiger partial charge >= 0.3 is 11.9 Å². The normalized spacial score (nSPS) is 9.88. The Hall–Kier alpha value is -1.84. The highest BCUT2D eigenvalue weighted by atomic mass is 16.5. The van der Waals surface area contributed by atoms with Crippen LogP contribution in [-0.4, -0.2) is 11.9 Å². The molecule has 0 aliphatic heterocycles. The Bertz CT molecular complexity index is 426. The van der Waals surface area contributed by atoms with Crippen LogP contribution in [0.1, 0.15) is 30.5 Å². The lowest BCUT2D eigenvalue weighted by atomic mass is 10.1. The van der Waals surface area contributed by atoms with Crippen LogP contribution in [0.3, 0.4) is 0 Å². The number of hydrogen-bond donors (Lipinski definition) is 0. The lowest BCUT2D eigenvalue weighted by molar-refractivity contribution is -0.142. The third-order valence-electron chi connectivity index (χ3n) is 2.21. The molecule has 17 heavy (non-hydrogen) atoms. The quantitative estimate of drug-likeness (QED) is 0.597. The second-order valence-corrected chi connectivity index (χ2v) is 3.93. The zero-order chi connectivity index (χ0) is 13.0. The average molecular weight is 236 g/mol. The number of rotatable bonds is 3. The van der Waals surface area contributed by atoms with Gasteiger partial charge in [0.2, 0.25) is 0 Å². The van der Waals surface area contributed by atoms with Crippen LogP contribution in [0.2, 0.25) is 0 Å². The first-order valence-corrected chi connectivity index (χ1v) is 5.32. The van der Waals surface area contributed by atoms with Crippen LogP contribution in [-0.2, 0) is 20.9 Å². The molecule has 1 rings (SSSR count). The number of esters is 2. The monoisotopic (exact) mass is 236 g/mol. The molecule has 0 amide bonds. The van der Waals surface area contributed by atoms with Crippen LogP contribution < -0.4 is 4.74 Å². The van der Waals surface area contributed by atoms with Crippen molar-refractivity contribution in [2.24, 2.45) is 0 Å². The van der Waals surface area contributed by atoms with Gasteiger partial charge < -0.3 is 9.47 Å². The minimum atomic E-state index is -0.344. The van der Waals surface area contributed by atoms with Gasteiger partial charge in [-0.3, -0.25) is 9.59 Å². The number of carbonyl (C=O) groups excluding carboxylic acids is 2. The molecule has 4 nitrogen and oxygen atoms in total. The van der Waals surface area contributed by atoms with E-state index in [1.165, 1.54) is 13.8 Å². The Morgan fingerprint density at radius 1 is 1.06 bits per heavy atom. The van der Waals surface area contributed by atoms with Crippen molar-refractivity contribution in [1.29, 1.82) is 0 Å². The van der Waals surface area contributed by atoms with Crippen molar-refractivity contribution in [3.63, 3.8) is 0 Å². The average Bonchev–Trinajstić information content (AvgIpc) is 2.20. The fourth-order valence-corrected chi connectivity index (χ4v) is 1.61. The number of benzene rings is 1. The smallest absolute Gasteiger partial charge is 0.308 e. The number of ether oxygens (including phenoxy) is 2. The van der Waals surface area contributed by atoms with Gasteiger partial charge in [-0.25, -0.2) is 0 Å². The molecule has 92 valence electrons. The second kappa shape index (κ2) is 5.48. The standard InChI is InChI=1S/C13H16O4/c1-8-5-12(7-16-10(3)14)6-9(2)13(8)17-11(4)15/h5-6H,7H2,1-4H3. The maximum Gasteiger partial charge on any atom is 0.308 e. The molecule has 0 unspecified atom stereocenters. The number of aryl methyl sites for hydroxylation is 2. The molecule has 4 heteroatoms. The zero-order valence-corrected chi connectivity index (χ0v) is 10.5.